The van der Waals surface area contributed by atoms with Crippen molar-refractivity contribution in [2.75, 3.05) is 5.73 Å². The zero-order valence-electron chi connectivity index (χ0n) is 10.4. The topological polar surface area (TPSA) is 64.0 Å². The maximum absolute atomic E-state index is 9.01. The molecule has 2 rings (SSSR count). The number of hydrogen-bond acceptors (Lipinski definition) is 3. The van der Waals surface area contributed by atoms with Gasteiger partial charge < -0.3 is 15.0 Å². The van der Waals surface area contributed by atoms with Crippen molar-refractivity contribution in [3.63, 3.8) is 0 Å². The van der Waals surface area contributed by atoms with Gasteiger partial charge in [0.15, 0.2) is 0 Å². The number of nitrogens with zero attached hydrogens (tertiary/aromatic N) is 2. The number of aromatic nitrogens is 1. The lowest BCUT2D eigenvalue weighted by atomic mass is 10.2. The van der Waals surface area contributed by atoms with Crippen LogP contribution in [0.1, 0.15) is 19.5 Å². The second kappa shape index (κ2) is 4.84. The van der Waals surface area contributed by atoms with E-state index in [0.717, 1.165) is 5.69 Å². The lowest BCUT2D eigenvalue weighted by Crippen LogP contribution is -2.08. The predicted octanol–water partition coefficient (Wildman–Crippen LogP) is 2.72. The molecule has 0 fully saturated rings. The Morgan fingerprint density at radius 1 is 1.33 bits per heavy atom. The molecule has 18 heavy (non-hydrogen) atoms. The molecule has 0 aliphatic carbocycles. The average molecular weight is 241 g/mol. The molecule has 0 unspecified atom stereocenters. The van der Waals surface area contributed by atoms with Gasteiger partial charge in [-0.15, -0.1) is 0 Å². The van der Waals surface area contributed by atoms with Gasteiger partial charge in [-0.3, -0.25) is 0 Å². The van der Waals surface area contributed by atoms with E-state index in [2.05, 4.69) is 6.07 Å². The number of rotatable bonds is 3. The summed E-state index contributed by atoms with van der Waals surface area (Å²) < 4.78 is 7.43. The van der Waals surface area contributed by atoms with Crippen molar-refractivity contribution >= 4 is 5.69 Å². The Balaban J connectivity index is 2.44. The van der Waals surface area contributed by atoms with Gasteiger partial charge in [0, 0.05) is 12.3 Å². The van der Waals surface area contributed by atoms with Crippen LogP contribution in [0.4, 0.5) is 5.69 Å². The summed E-state index contributed by atoms with van der Waals surface area (Å²) in [5, 5.41) is 9.01. The first-order valence-corrected chi connectivity index (χ1v) is 5.76. The third-order valence-corrected chi connectivity index (χ3v) is 2.50. The first-order chi connectivity index (χ1) is 8.61. The fraction of sp³-hybridized carbons (Fsp3) is 0.214. The van der Waals surface area contributed by atoms with Gasteiger partial charge in [-0.05, 0) is 38.1 Å². The van der Waals surface area contributed by atoms with Crippen LogP contribution in [0.2, 0.25) is 0 Å². The quantitative estimate of drug-likeness (QED) is 0.840. The standard InChI is InChI=1S/C14H15N3O/c1-10(2)18-14-8-11(5-6-13(14)16)17-7-3-4-12(17)9-15/h3-8,10H,16H2,1-2H3. The van der Waals surface area contributed by atoms with Crippen molar-refractivity contribution in [2.45, 2.75) is 20.0 Å². The SMILES string of the molecule is CC(C)Oc1cc(-n2cccc2C#N)ccc1N. The van der Waals surface area contributed by atoms with Crippen molar-refractivity contribution in [1.29, 1.82) is 5.26 Å². The van der Waals surface area contributed by atoms with E-state index in [0.29, 0.717) is 17.1 Å². The number of benzene rings is 1. The third-order valence-electron chi connectivity index (χ3n) is 2.50. The van der Waals surface area contributed by atoms with Gasteiger partial charge in [0.05, 0.1) is 17.5 Å². The first-order valence-electron chi connectivity index (χ1n) is 5.76. The van der Waals surface area contributed by atoms with Crippen LogP contribution in [0.25, 0.3) is 5.69 Å². The minimum Gasteiger partial charge on any atom is -0.489 e. The molecule has 0 amide bonds. The molecule has 0 radical (unpaired) electrons. The fourth-order valence-corrected chi connectivity index (χ4v) is 1.73. The molecular formula is C14H15N3O. The highest BCUT2D eigenvalue weighted by atomic mass is 16.5. The van der Waals surface area contributed by atoms with Crippen LogP contribution in [0, 0.1) is 11.3 Å². The van der Waals surface area contributed by atoms with Gasteiger partial charge in [0.1, 0.15) is 17.5 Å². The van der Waals surface area contributed by atoms with Crippen LogP contribution in [0.15, 0.2) is 36.5 Å². The second-order valence-electron chi connectivity index (χ2n) is 4.26. The summed E-state index contributed by atoms with van der Waals surface area (Å²) in [6.07, 6.45) is 1.89. The van der Waals surface area contributed by atoms with E-state index < -0.39 is 0 Å². The summed E-state index contributed by atoms with van der Waals surface area (Å²) in [4.78, 5) is 0. The van der Waals surface area contributed by atoms with Gasteiger partial charge >= 0.3 is 0 Å². The molecule has 1 aromatic heterocycles. The van der Waals surface area contributed by atoms with Crippen molar-refractivity contribution in [2.24, 2.45) is 0 Å². The van der Waals surface area contributed by atoms with E-state index in [9.17, 15) is 0 Å². The summed E-state index contributed by atoms with van der Waals surface area (Å²) >= 11 is 0. The average Bonchev–Trinajstić information content (AvgIpc) is 2.79. The van der Waals surface area contributed by atoms with Crippen LogP contribution >= 0.6 is 0 Å². The molecule has 0 atom stereocenters. The zero-order valence-corrected chi connectivity index (χ0v) is 10.4. The van der Waals surface area contributed by atoms with E-state index >= 15 is 0 Å². The van der Waals surface area contributed by atoms with E-state index in [1.54, 1.807) is 16.7 Å². The Morgan fingerprint density at radius 2 is 2.11 bits per heavy atom. The molecule has 92 valence electrons. The lowest BCUT2D eigenvalue weighted by molar-refractivity contribution is 0.244. The van der Waals surface area contributed by atoms with Crippen molar-refractivity contribution < 1.29 is 4.74 Å². The monoisotopic (exact) mass is 241 g/mol. The highest BCUT2D eigenvalue weighted by Gasteiger charge is 2.07. The van der Waals surface area contributed by atoms with Gasteiger partial charge in [0.2, 0.25) is 0 Å². The van der Waals surface area contributed by atoms with Crippen LogP contribution in [0.3, 0.4) is 0 Å². The maximum Gasteiger partial charge on any atom is 0.144 e. The number of nitrogen functional groups attached to an aromatic ring is 1. The number of nitriles is 1. The van der Waals surface area contributed by atoms with E-state index in [4.69, 9.17) is 15.7 Å². The Bertz CT molecular complexity index is 593. The second-order valence-corrected chi connectivity index (χ2v) is 4.26. The molecule has 0 bridgehead atoms. The molecule has 4 nitrogen and oxygen atoms in total. The lowest BCUT2D eigenvalue weighted by Gasteiger charge is -2.14. The Labute approximate surface area is 106 Å². The molecule has 0 spiro atoms. The Kier molecular flexibility index (Phi) is 3.24. The van der Waals surface area contributed by atoms with Crippen LogP contribution in [-0.2, 0) is 0 Å². The maximum atomic E-state index is 9.01. The van der Waals surface area contributed by atoms with Gasteiger partial charge in [0.25, 0.3) is 0 Å². The molecule has 1 heterocycles. The minimum absolute atomic E-state index is 0.0580. The van der Waals surface area contributed by atoms with E-state index in [1.165, 1.54) is 0 Å². The summed E-state index contributed by atoms with van der Waals surface area (Å²) in [5.74, 6) is 0.639. The molecule has 0 aliphatic heterocycles. The molecule has 0 saturated heterocycles. The summed E-state index contributed by atoms with van der Waals surface area (Å²) in [7, 11) is 0. The fourth-order valence-electron chi connectivity index (χ4n) is 1.73. The summed E-state index contributed by atoms with van der Waals surface area (Å²) in [6.45, 7) is 3.89. The number of anilines is 1. The highest BCUT2D eigenvalue weighted by Crippen LogP contribution is 2.26. The number of hydrogen-bond donors (Lipinski definition) is 1. The third kappa shape index (κ3) is 2.30. The summed E-state index contributed by atoms with van der Waals surface area (Å²) in [5.41, 5.74) is 7.90. The number of nitrogens with two attached hydrogens (primary N) is 1. The van der Waals surface area contributed by atoms with Crippen LogP contribution < -0.4 is 10.5 Å². The molecule has 4 heteroatoms. The Hall–Kier alpha value is -2.41. The van der Waals surface area contributed by atoms with E-state index in [-0.39, 0.29) is 6.10 Å². The van der Waals surface area contributed by atoms with Gasteiger partial charge in [-0.25, -0.2) is 0 Å². The molecule has 1 aromatic carbocycles. The van der Waals surface area contributed by atoms with Crippen molar-refractivity contribution in [1.82, 2.24) is 4.57 Å². The van der Waals surface area contributed by atoms with Crippen LogP contribution in [-0.4, -0.2) is 10.7 Å². The predicted molar refractivity (Wildman–Crippen MR) is 70.7 cm³/mol. The molecule has 0 saturated carbocycles. The summed E-state index contributed by atoms with van der Waals surface area (Å²) in [6, 6.07) is 11.2. The largest absolute Gasteiger partial charge is 0.489 e. The normalized spacial score (nSPS) is 10.3. The molecule has 2 N–H and O–H groups in total. The molecule has 0 aliphatic rings. The molecular weight excluding hydrogens is 226 g/mol. The van der Waals surface area contributed by atoms with E-state index in [1.807, 2.05) is 38.2 Å². The zero-order chi connectivity index (χ0) is 13.1. The smallest absolute Gasteiger partial charge is 0.144 e. The van der Waals surface area contributed by atoms with Gasteiger partial charge in [-0.1, -0.05) is 0 Å². The first kappa shape index (κ1) is 12.1. The van der Waals surface area contributed by atoms with Crippen molar-refractivity contribution in [3.8, 4) is 17.5 Å². The number of ether oxygens (including phenoxy) is 1. The molecule has 2 aromatic rings. The van der Waals surface area contributed by atoms with Gasteiger partial charge in [-0.2, -0.15) is 5.26 Å². The Morgan fingerprint density at radius 3 is 2.78 bits per heavy atom. The minimum atomic E-state index is 0.0580. The van der Waals surface area contributed by atoms with Crippen LogP contribution in [0.5, 0.6) is 5.75 Å². The highest BCUT2D eigenvalue weighted by molar-refractivity contribution is 5.58. The van der Waals surface area contributed by atoms with Crippen molar-refractivity contribution in [3.05, 3.63) is 42.2 Å².